The van der Waals surface area contributed by atoms with Gasteiger partial charge in [0.2, 0.25) is 0 Å². The Morgan fingerprint density at radius 2 is 2.00 bits per heavy atom. The maximum Gasteiger partial charge on any atom is 0.333 e. The van der Waals surface area contributed by atoms with Gasteiger partial charge in [-0.15, -0.1) is 0 Å². The van der Waals surface area contributed by atoms with Crippen molar-refractivity contribution >= 4 is 11.5 Å². The molecule has 2 nitrogen and oxygen atoms in total. The molecule has 2 rings (SSSR count). The minimum Gasteiger partial charge on any atom is -0.466 e. The zero-order valence-electron chi connectivity index (χ0n) is 9.04. The SMILES string of the molecule is COC(=O)/C(C)=C1/CCc2ccccc21. The molecular weight excluding hydrogens is 188 g/mol. The summed E-state index contributed by atoms with van der Waals surface area (Å²) in [5.41, 5.74) is 4.41. The van der Waals surface area contributed by atoms with Crippen LogP contribution in [0.3, 0.4) is 0 Å². The van der Waals surface area contributed by atoms with Crippen LogP contribution in [0.4, 0.5) is 0 Å². The average molecular weight is 202 g/mol. The van der Waals surface area contributed by atoms with Gasteiger partial charge >= 0.3 is 5.97 Å². The number of ether oxygens (including phenoxy) is 1. The highest BCUT2D eigenvalue weighted by molar-refractivity contribution is 5.98. The Balaban J connectivity index is 2.47. The van der Waals surface area contributed by atoms with E-state index in [1.165, 1.54) is 18.2 Å². The summed E-state index contributed by atoms with van der Waals surface area (Å²) in [6, 6.07) is 8.24. The fourth-order valence-electron chi connectivity index (χ4n) is 2.09. The van der Waals surface area contributed by atoms with E-state index in [2.05, 4.69) is 12.1 Å². The molecule has 0 N–H and O–H groups in total. The fourth-order valence-corrected chi connectivity index (χ4v) is 2.09. The lowest BCUT2D eigenvalue weighted by atomic mass is 10.0. The number of carbonyl (C=O) groups excluding carboxylic acids is 1. The molecular formula is C13H14O2. The lowest BCUT2D eigenvalue weighted by Crippen LogP contribution is -2.03. The van der Waals surface area contributed by atoms with Crippen molar-refractivity contribution in [3.63, 3.8) is 0 Å². The molecule has 1 aromatic rings. The molecule has 0 unspecified atom stereocenters. The molecule has 0 aromatic heterocycles. The quantitative estimate of drug-likeness (QED) is 0.517. The van der Waals surface area contributed by atoms with Gasteiger partial charge in [0.25, 0.3) is 0 Å². The molecule has 0 bridgehead atoms. The maximum absolute atomic E-state index is 11.4. The Bertz CT molecular complexity index is 430. The summed E-state index contributed by atoms with van der Waals surface area (Å²) in [5, 5.41) is 0. The van der Waals surface area contributed by atoms with Crippen molar-refractivity contribution in [1.29, 1.82) is 0 Å². The molecule has 0 saturated heterocycles. The third-order valence-electron chi connectivity index (χ3n) is 2.93. The van der Waals surface area contributed by atoms with Gasteiger partial charge in [-0.05, 0) is 36.5 Å². The Hall–Kier alpha value is -1.57. The van der Waals surface area contributed by atoms with E-state index in [1.54, 1.807) is 0 Å². The van der Waals surface area contributed by atoms with E-state index >= 15 is 0 Å². The first-order chi connectivity index (χ1) is 7.24. The van der Waals surface area contributed by atoms with Gasteiger partial charge in [-0.3, -0.25) is 0 Å². The number of esters is 1. The number of methoxy groups -OCH3 is 1. The van der Waals surface area contributed by atoms with Crippen molar-refractivity contribution in [3.8, 4) is 0 Å². The zero-order chi connectivity index (χ0) is 10.8. The van der Waals surface area contributed by atoms with Gasteiger partial charge in [-0.2, -0.15) is 0 Å². The molecule has 1 aliphatic carbocycles. The Labute approximate surface area is 89.6 Å². The van der Waals surface area contributed by atoms with Crippen LogP contribution in [0.5, 0.6) is 0 Å². The van der Waals surface area contributed by atoms with Gasteiger partial charge < -0.3 is 4.74 Å². The van der Waals surface area contributed by atoms with Crippen LogP contribution in [0.15, 0.2) is 29.8 Å². The molecule has 15 heavy (non-hydrogen) atoms. The van der Waals surface area contributed by atoms with E-state index < -0.39 is 0 Å². The zero-order valence-corrected chi connectivity index (χ0v) is 9.04. The summed E-state index contributed by atoms with van der Waals surface area (Å²) in [7, 11) is 1.42. The van der Waals surface area contributed by atoms with E-state index in [4.69, 9.17) is 4.74 Å². The number of allylic oxidation sites excluding steroid dienone is 1. The fraction of sp³-hybridized carbons (Fsp3) is 0.308. The van der Waals surface area contributed by atoms with Crippen molar-refractivity contribution in [2.75, 3.05) is 7.11 Å². The number of carbonyl (C=O) groups is 1. The molecule has 1 aliphatic rings. The standard InChI is InChI=1S/C13H14O2/c1-9(13(14)15-2)11-8-7-10-5-3-4-6-12(10)11/h3-6H,7-8H2,1-2H3/b11-9-. The second-order valence-corrected chi connectivity index (χ2v) is 3.75. The number of hydrogen-bond donors (Lipinski definition) is 0. The first-order valence-corrected chi connectivity index (χ1v) is 5.10. The molecule has 0 aliphatic heterocycles. The Kier molecular flexibility index (Phi) is 2.58. The normalized spacial score (nSPS) is 17.2. The van der Waals surface area contributed by atoms with Gasteiger partial charge in [-0.1, -0.05) is 24.3 Å². The molecule has 0 spiro atoms. The molecule has 0 amide bonds. The van der Waals surface area contributed by atoms with Crippen LogP contribution in [0.2, 0.25) is 0 Å². The second-order valence-electron chi connectivity index (χ2n) is 3.75. The lowest BCUT2D eigenvalue weighted by Gasteiger charge is -2.05. The Morgan fingerprint density at radius 1 is 1.27 bits per heavy atom. The summed E-state index contributed by atoms with van der Waals surface area (Å²) in [6.07, 6.45) is 1.97. The minimum absolute atomic E-state index is 0.221. The number of hydrogen-bond acceptors (Lipinski definition) is 2. The largest absolute Gasteiger partial charge is 0.466 e. The third-order valence-corrected chi connectivity index (χ3v) is 2.93. The molecule has 78 valence electrons. The van der Waals surface area contributed by atoms with Crippen molar-refractivity contribution in [2.24, 2.45) is 0 Å². The number of rotatable bonds is 1. The number of aryl methyl sites for hydroxylation is 1. The highest BCUT2D eigenvalue weighted by Crippen LogP contribution is 2.34. The summed E-state index contributed by atoms with van der Waals surface area (Å²) < 4.78 is 4.74. The second kappa shape index (κ2) is 3.89. The molecule has 0 fully saturated rings. The monoisotopic (exact) mass is 202 g/mol. The van der Waals surface area contributed by atoms with Crippen LogP contribution in [-0.4, -0.2) is 13.1 Å². The molecule has 0 radical (unpaired) electrons. The molecule has 0 saturated carbocycles. The first kappa shape index (κ1) is 9.97. The van der Waals surface area contributed by atoms with Crippen molar-refractivity contribution in [3.05, 3.63) is 41.0 Å². The number of fused-ring (bicyclic) bond motifs is 1. The summed E-state index contributed by atoms with van der Waals surface area (Å²) >= 11 is 0. The van der Waals surface area contributed by atoms with Crippen LogP contribution in [0.25, 0.3) is 5.57 Å². The van der Waals surface area contributed by atoms with Crippen LogP contribution in [0, 0.1) is 0 Å². The Morgan fingerprint density at radius 3 is 2.73 bits per heavy atom. The minimum atomic E-state index is -0.221. The van der Waals surface area contributed by atoms with Crippen LogP contribution in [0.1, 0.15) is 24.5 Å². The summed E-state index contributed by atoms with van der Waals surface area (Å²) in [6.45, 7) is 1.84. The molecule has 1 aromatic carbocycles. The van der Waals surface area contributed by atoms with Crippen molar-refractivity contribution in [1.82, 2.24) is 0 Å². The molecule has 0 atom stereocenters. The van der Waals surface area contributed by atoms with E-state index in [0.29, 0.717) is 0 Å². The van der Waals surface area contributed by atoms with Gasteiger partial charge in [0.05, 0.1) is 7.11 Å². The lowest BCUT2D eigenvalue weighted by molar-refractivity contribution is -0.135. The third kappa shape index (κ3) is 1.67. The predicted molar refractivity (Wildman–Crippen MR) is 59.4 cm³/mol. The van der Waals surface area contributed by atoms with E-state index in [0.717, 1.165) is 24.0 Å². The van der Waals surface area contributed by atoms with Gasteiger partial charge in [0.15, 0.2) is 0 Å². The average Bonchev–Trinajstić information content (AvgIpc) is 2.70. The first-order valence-electron chi connectivity index (χ1n) is 5.10. The van der Waals surface area contributed by atoms with E-state index in [1.807, 2.05) is 19.1 Å². The van der Waals surface area contributed by atoms with Crippen LogP contribution in [-0.2, 0) is 16.0 Å². The van der Waals surface area contributed by atoms with Crippen molar-refractivity contribution in [2.45, 2.75) is 19.8 Å². The summed E-state index contributed by atoms with van der Waals surface area (Å²) in [4.78, 5) is 11.4. The van der Waals surface area contributed by atoms with Gasteiger partial charge in [0.1, 0.15) is 0 Å². The van der Waals surface area contributed by atoms with Crippen molar-refractivity contribution < 1.29 is 9.53 Å². The molecule has 0 heterocycles. The topological polar surface area (TPSA) is 26.3 Å². The highest BCUT2D eigenvalue weighted by atomic mass is 16.5. The number of benzene rings is 1. The van der Waals surface area contributed by atoms with Crippen LogP contribution >= 0.6 is 0 Å². The van der Waals surface area contributed by atoms with Gasteiger partial charge in [-0.25, -0.2) is 4.79 Å². The van der Waals surface area contributed by atoms with E-state index in [9.17, 15) is 4.79 Å². The van der Waals surface area contributed by atoms with Gasteiger partial charge in [0, 0.05) is 5.57 Å². The van der Waals surface area contributed by atoms with Crippen LogP contribution < -0.4 is 0 Å². The maximum atomic E-state index is 11.4. The van der Waals surface area contributed by atoms with E-state index in [-0.39, 0.29) is 5.97 Å². The molecule has 2 heteroatoms. The summed E-state index contributed by atoms with van der Waals surface area (Å²) in [5.74, 6) is -0.221. The smallest absolute Gasteiger partial charge is 0.333 e. The highest BCUT2D eigenvalue weighted by Gasteiger charge is 2.20. The predicted octanol–water partition coefficient (Wildman–Crippen LogP) is 2.58.